The van der Waals surface area contributed by atoms with Gasteiger partial charge in [0, 0.05) is 17.1 Å². The van der Waals surface area contributed by atoms with E-state index < -0.39 is 0 Å². The van der Waals surface area contributed by atoms with Gasteiger partial charge in [-0.3, -0.25) is 0 Å². The number of hydrogen-bond donors (Lipinski definition) is 2. The van der Waals surface area contributed by atoms with E-state index in [2.05, 4.69) is 23.2 Å². The van der Waals surface area contributed by atoms with E-state index in [1.807, 2.05) is 6.20 Å². The molecule has 1 aromatic carbocycles. The van der Waals surface area contributed by atoms with Crippen LogP contribution in [0.1, 0.15) is 18.4 Å². The lowest BCUT2D eigenvalue weighted by Gasteiger charge is -2.09. The number of nitrogens with one attached hydrogen (secondary N) is 1. The van der Waals surface area contributed by atoms with Crippen LogP contribution in [0.4, 0.5) is 0 Å². The summed E-state index contributed by atoms with van der Waals surface area (Å²) in [7, 11) is 1.73. The second-order valence-electron chi connectivity index (χ2n) is 3.94. The maximum Gasteiger partial charge on any atom is 0.131 e. The predicted octanol–water partition coefficient (Wildman–Crippen LogP) is 2.46. The number of aromatic amines is 1. The highest BCUT2D eigenvalue weighted by molar-refractivity contribution is 5.87. The molecule has 3 N–H and O–H groups in total. The van der Waals surface area contributed by atoms with Crippen LogP contribution in [0.5, 0.6) is 5.75 Å². The van der Waals surface area contributed by atoms with Crippen molar-refractivity contribution in [2.24, 2.45) is 5.73 Å². The molecule has 3 heteroatoms. The molecule has 0 saturated heterocycles. The number of ether oxygens (including phenoxy) is 1. The Morgan fingerprint density at radius 1 is 1.25 bits per heavy atom. The number of rotatable bonds is 5. The maximum atomic E-state index is 5.50. The van der Waals surface area contributed by atoms with Crippen molar-refractivity contribution in [3.8, 4) is 5.75 Å². The van der Waals surface area contributed by atoms with Gasteiger partial charge in [-0.2, -0.15) is 0 Å². The van der Waals surface area contributed by atoms with E-state index >= 15 is 0 Å². The summed E-state index contributed by atoms with van der Waals surface area (Å²) in [6.07, 6.45) is 5.15. The molecular weight excluding hydrogens is 200 g/mol. The highest BCUT2D eigenvalue weighted by Gasteiger charge is 2.08. The van der Waals surface area contributed by atoms with Crippen molar-refractivity contribution >= 4 is 10.9 Å². The molecule has 1 aromatic heterocycles. The Morgan fingerprint density at radius 3 is 2.88 bits per heavy atom. The normalized spacial score (nSPS) is 10.9. The van der Waals surface area contributed by atoms with E-state index in [1.165, 1.54) is 5.56 Å². The first-order valence-corrected chi connectivity index (χ1v) is 5.70. The minimum Gasteiger partial charge on any atom is -0.496 e. The molecule has 16 heavy (non-hydrogen) atoms. The molecular formula is C13H18N2O. The largest absolute Gasteiger partial charge is 0.496 e. The fourth-order valence-electron chi connectivity index (χ4n) is 2.05. The SMILES string of the molecule is COc1c(CCCCN)ccc2[nH]ccc12. The molecule has 0 unspecified atom stereocenters. The Hall–Kier alpha value is -1.48. The van der Waals surface area contributed by atoms with Crippen molar-refractivity contribution in [3.05, 3.63) is 30.0 Å². The van der Waals surface area contributed by atoms with Crippen LogP contribution in [-0.4, -0.2) is 18.6 Å². The highest BCUT2D eigenvalue weighted by atomic mass is 16.5. The number of nitrogens with two attached hydrogens (primary N) is 1. The van der Waals surface area contributed by atoms with E-state index in [-0.39, 0.29) is 0 Å². The van der Waals surface area contributed by atoms with Crippen molar-refractivity contribution in [2.45, 2.75) is 19.3 Å². The van der Waals surface area contributed by atoms with Gasteiger partial charge in [-0.05, 0) is 43.5 Å². The molecule has 0 aliphatic carbocycles. The van der Waals surface area contributed by atoms with Crippen molar-refractivity contribution < 1.29 is 4.74 Å². The fraction of sp³-hybridized carbons (Fsp3) is 0.385. The molecule has 0 saturated carbocycles. The Kier molecular flexibility index (Phi) is 3.47. The van der Waals surface area contributed by atoms with Gasteiger partial charge < -0.3 is 15.5 Å². The van der Waals surface area contributed by atoms with Gasteiger partial charge in [0.1, 0.15) is 5.75 Å². The Balaban J connectivity index is 2.29. The van der Waals surface area contributed by atoms with Crippen LogP contribution in [-0.2, 0) is 6.42 Å². The number of aryl methyl sites for hydroxylation is 1. The number of fused-ring (bicyclic) bond motifs is 1. The van der Waals surface area contributed by atoms with Gasteiger partial charge in [0.05, 0.1) is 7.11 Å². The molecule has 0 fully saturated rings. The first-order chi connectivity index (χ1) is 7.86. The smallest absolute Gasteiger partial charge is 0.131 e. The van der Waals surface area contributed by atoms with Crippen LogP contribution < -0.4 is 10.5 Å². The van der Waals surface area contributed by atoms with E-state index in [0.29, 0.717) is 0 Å². The lowest BCUT2D eigenvalue weighted by Crippen LogP contribution is -2.00. The Morgan fingerprint density at radius 2 is 2.12 bits per heavy atom. The van der Waals surface area contributed by atoms with Crippen molar-refractivity contribution in [2.75, 3.05) is 13.7 Å². The van der Waals surface area contributed by atoms with Crippen LogP contribution >= 0.6 is 0 Å². The van der Waals surface area contributed by atoms with Crippen LogP contribution in [0, 0.1) is 0 Å². The van der Waals surface area contributed by atoms with Crippen LogP contribution in [0.3, 0.4) is 0 Å². The first kappa shape index (κ1) is 11.0. The maximum absolute atomic E-state index is 5.50. The van der Waals surface area contributed by atoms with Crippen molar-refractivity contribution in [1.82, 2.24) is 4.98 Å². The minimum atomic E-state index is 0.759. The molecule has 2 rings (SSSR count). The molecule has 0 bridgehead atoms. The van der Waals surface area contributed by atoms with Crippen molar-refractivity contribution in [1.29, 1.82) is 0 Å². The quantitative estimate of drug-likeness (QED) is 0.757. The molecule has 0 aliphatic heterocycles. The molecule has 0 radical (unpaired) electrons. The topological polar surface area (TPSA) is 51.0 Å². The number of unbranched alkanes of at least 4 members (excludes halogenated alkanes) is 1. The summed E-state index contributed by atoms with van der Waals surface area (Å²) in [5.41, 5.74) is 7.89. The summed E-state index contributed by atoms with van der Waals surface area (Å²) in [5, 5.41) is 1.16. The van der Waals surface area contributed by atoms with Gasteiger partial charge in [-0.25, -0.2) is 0 Å². The highest BCUT2D eigenvalue weighted by Crippen LogP contribution is 2.30. The van der Waals surface area contributed by atoms with Gasteiger partial charge in [-0.1, -0.05) is 6.07 Å². The summed E-state index contributed by atoms with van der Waals surface area (Å²) in [4.78, 5) is 3.19. The molecule has 3 nitrogen and oxygen atoms in total. The zero-order valence-electron chi connectivity index (χ0n) is 9.62. The fourth-order valence-corrected chi connectivity index (χ4v) is 2.05. The average molecular weight is 218 g/mol. The summed E-state index contributed by atoms with van der Waals surface area (Å²) in [5.74, 6) is 0.996. The number of H-pyrrole nitrogens is 1. The third-order valence-corrected chi connectivity index (χ3v) is 2.87. The molecule has 2 aromatic rings. The standard InChI is InChI=1S/C13H18N2O/c1-16-13-10(4-2-3-8-14)5-6-12-11(13)7-9-15-12/h5-7,9,15H,2-4,8,14H2,1H3. The Bertz CT molecular complexity index is 462. The second kappa shape index (κ2) is 5.03. The molecule has 0 aliphatic rings. The molecule has 0 atom stereocenters. The van der Waals surface area contributed by atoms with Crippen LogP contribution in [0.15, 0.2) is 24.4 Å². The third-order valence-electron chi connectivity index (χ3n) is 2.87. The third kappa shape index (κ3) is 2.04. The lowest BCUT2D eigenvalue weighted by atomic mass is 10.0. The van der Waals surface area contributed by atoms with Gasteiger partial charge in [0.15, 0.2) is 0 Å². The number of benzene rings is 1. The summed E-state index contributed by atoms with van der Waals surface area (Å²) < 4.78 is 5.50. The van der Waals surface area contributed by atoms with Crippen LogP contribution in [0.25, 0.3) is 10.9 Å². The van der Waals surface area contributed by atoms with E-state index in [0.717, 1.165) is 42.5 Å². The second-order valence-corrected chi connectivity index (χ2v) is 3.94. The van der Waals surface area contributed by atoms with Gasteiger partial charge in [0.2, 0.25) is 0 Å². The minimum absolute atomic E-state index is 0.759. The summed E-state index contributed by atoms with van der Waals surface area (Å²) >= 11 is 0. The zero-order chi connectivity index (χ0) is 11.4. The molecule has 0 spiro atoms. The number of methoxy groups -OCH3 is 1. The van der Waals surface area contributed by atoms with Crippen molar-refractivity contribution in [3.63, 3.8) is 0 Å². The van der Waals surface area contributed by atoms with E-state index in [9.17, 15) is 0 Å². The predicted molar refractivity (Wildman–Crippen MR) is 66.8 cm³/mol. The Labute approximate surface area is 95.6 Å². The molecule has 1 heterocycles. The summed E-state index contributed by atoms with van der Waals surface area (Å²) in [6.45, 7) is 0.759. The van der Waals surface area contributed by atoms with Gasteiger partial charge in [-0.15, -0.1) is 0 Å². The van der Waals surface area contributed by atoms with E-state index in [4.69, 9.17) is 10.5 Å². The lowest BCUT2D eigenvalue weighted by molar-refractivity contribution is 0.414. The summed E-state index contributed by atoms with van der Waals surface area (Å²) in [6, 6.07) is 6.30. The van der Waals surface area contributed by atoms with Gasteiger partial charge >= 0.3 is 0 Å². The van der Waals surface area contributed by atoms with E-state index in [1.54, 1.807) is 7.11 Å². The average Bonchev–Trinajstić information content (AvgIpc) is 2.77. The number of aromatic nitrogens is 1. The van der Waals surface area contributed by atoms with Crippen LogP contribution in [0.2, 0.25) is 0 Å². The molecule has 86 valence electrons. The number of hydrogen-bond acceptors (Lipinski definition) is 2. The first-order valence-electron chi connectivity index (χ1n) is 5.70. The van der Waals surface area contributed by atoms with Gasteiger partial charge in [0.25, 0.3) is 0 Å². The monoisotopic (exact) mass is 218 g/mol. The molecule has 0 amide bonds. The zero-order valence-corrected chi connectivity index (χ0v) is 9.62.